The van der Waals surface area contributed by atoms with Crippen molar-refractivity contribution in [1.82, 2.24) is 0 Å². The normalized spacial score (nSPS) is 14.7. The summed E-state index contributed by atoms with van der Waals surface area (Å²) in [6.07, 6.45) is 4.75. The Morgan fingerprint density at radius 1 is 1.22 bits per heavy atom. The van der Waals surface area contributed by atoms with Gasteiger partial charge in [-0.25, -0.2) is 0 Å². The largest absolute Gasteiger partial charge is 0.0671 e. The van der Waals surface area contributed by atoms with E-state index >= 15 is 0 Å². The molecule has 0 spiro atoms. The second kappa shape index (κ2) is 6.22. The summed E-state index contributed by atoms with van der Waals surface area (Å²) in [5.74, 6) is 0.688. The molecule has 0 amide bonds. The summed E-state index contributed by atoms with van der Waals surface area (Å²) in [6.45, 7) is 13.6. The fraction of sp³-hybridized carbons (Fsp3) is 0.556. The first kappa shape index (κ1) is 15.0. The average Bonchev–Trinajstić information content (AvgIpc) is 2.34. The highest BCUT2D eigenvalue weighted by Crippen LogP contribution is 2.25. The van der Waals surface area contributed by atoms with E-state index in [1.165, 1.54) is 17.5 Å². The lowest BCUT2D eigenvalue weighted by Crippen LogP contribution is -2.10. The smallest absolute Gasteiger partial charge is 0.0132 e. The van der Waals surface area contributed by atoms with Gasteiger partial charge in [0.15, 0.2) is 0 Å². The van der Waals surface area contributed by atoms with Crippen molar-refractivity contribution in [1.29, 1.82) is 0 Å². The number of hydrogen-bond acceptors (Lipinski definition) is 0. The number of benzene rings is 1. The molecule has 0 heterocycles. The van der Waals surface area contributed by atoms with Gasteiger partial charge in [0, 0.05) is 0 Å². The molecule has 18 heavy (non-hydrogen) atoms. The van der Waals surface area contributed by atoms with Crippen LogP contribution in [-0.4, -0.2) is 0 Å². The molecule has 0 bridgehead atoms. The topological polar surface area (TPSA) is 0 Å². The second-order valence-electron chi connectivity index (χ2n) is 6.26. The van der Waals surface area contributed by atoms with Gasteiger partial charge in [-0.05, 0) is 35.3 Å². The van der Waals surface area contributed by atoms with Gasteiger partial charge in [-0.3, -0.25) is 0 Å². The molecule has 0 fully saturated rings. The van der Waals surface area contributed by atoms with Crippen LogP contribution in [0.1, 0.15) is 65.5 Å². The third-order valence-electron chi connectivity index (χ3n) is 3.76. The summed E-state index contributed by atoms with van der Waals surface area (Å²) >= 11 is 0. The van der Waals surface area contributed by atoms with E-state index in [9.17, 15) is 0 Å². The van der Waals surface area contributed by atoms with E-state index in [0.29, 0.717) is 5.92 Å². The van der Waals surface area contributed by atoms with Gasteiger partial charge in [0.25, 0.3) is 0 Å². The Balaban J connectivity index is 3.07. The summed E-state index contributed by atoms with van der Waals surface area (Å²) in [4.78, 5) is 0. The van der Waals surface area contributed by atoms with E-state index < -0.39 is 0 Å². The fourth-order valence-corrected chi connectivity index (χ4v) is 2.16. The molecule has 0 aliphatic rings. The fourth-order valence-electron chi connectivity index (χ4n) is 2.16. The SMILES string of the molecule is CCC(=Cc1cccc(C(C)(C)C)c1)C(C)CC. The van der Waals surface area contributed by atoms with Crippen molar-refractivity contribution >= 4 is 6.08 Å². The van der Waals surface area contributed by atoms with E-state index in [4.69, 9.17) is 0 Å². The predicted molar refractivity (Wildman–Crippen MR) is 82.9 cm³/mol. The Morgan fingerprint density at radius 2 is 1.89 bits per heavy atom. The number of hydrogen-bond donors (Lipinski definition) is 0. The molecule has 0 nitrogen and oxygen atoms in total. The van der Waals surface area contributed by atoms with Crippen molar-refractivity contribution in [3.8, 4) is 0 Å². The third kappa shape index (κ3) is 4.01. The minimum Gasteiger partial charge on any atom is -0.0671 e. The Morgan fingerprint density at radius 3 is 2.39 bits per heavy atom. The summed E-state index contributed by atoms with van der Waals surface area (Å²) in [5, 5.41) is 0. The first-order valence-electron chi connectivity index (χ1n) is 7.19. The van der Waals surface area contributed by atoms with Gasteiger partial charge in [0.1, 0.15) is 0 Å². The molecule has 1 rings (SSSR count). The predicted octanol–water partition coefficient (Wildman–Crippen LogP) is 5.82. The Hall–Kier alpha value is -1.04. The molecule has 0 heteroatoms. The minimum absolute atomic E-state index is 0.229. The first-order valence-corrected chi connectivity index (χ1v) is 7.19. The summed E-state index contributed by atoms with van der Waals surface area (Å²) in [5.41, 5.74) is 4.55. The van der Waals surface area contributed by atoms with E-state index in [-0.39, 0.29) is 5.41 Å². The summed E-state index contributed by atoms with van der Waals surface area (Å²) < 4.78 is 0. The molecule has 0 aromatic heterocycles. The average molecular weight is 244 g/mol. The maximum Gasteiger partial charge on any atom is -0.0132 e. The molecule has 0 saturated heterocycles. The Bertz CT molecular complexity index is 404. The molecule has 1 aromatic rings. The van der Waals surface area contributed by atoms with E-state index in [1.807, 2.05) is 0 Å². The maximum absolute atomic E-state index is 2.38. The Kier molecular flexibility index (Phi) is 5.19. The standard InChI is InChI=1S/C18H28/c1-7-14(3)16(8-2)12-15-10-9-11-17(13-15)18(4,5)6/h9-14H,7-8H2,1-6H3. The molecule has 0 aliphatic carbocycles. The molecule has 0 saturated carbocycles. The van der Waals surface area contributed by atoms with Gasteiger partial charge in [-0.1, -0.05) is 77.5 Å². The quantitative estimate of drug-likeness (QED) is 0.625. The van der Waals surface area contributed by atoms with Crippen molar-refractivity contribution in [2.24, 2.45) is 5.92 Å². The van der Waals surface area contributed by atoms with E-state index in [0.717, 1.165) is 6.42 Å². The zero-order valence-corrected chi connectivity index (χ0v) is 12.9. The van der Waals surface area contributed by atoms with Crippen LogP contribution in [0, 0.1) is 5.92 Å². The lowest BCUT2D eigenvalue weighted by atomic mass is 9.85. The van der Waals surface area contributed by atoms with Crippen molar-refractivity contribution in [3.05, 3.63) is 41.0 Å². The highest BCUT2D eigenvalue weighted by Gasteiger charge is 2.13. The molecule has 0 radical (unpaired) electrons. The highest BCUT2D eigenvalue weighted by molar-refractivity contribution is 5.54. The van der Waals surface area contributed by atoms with Crippen LogP contribution in [0.3, 0.4) is 0 Å². The molecule has 1 unspecified atom stereocenters. The summed E-state index contributed by atoms with van der Waals surface area (Å²) in [6, 6.07) is 8.95. The van der Waals surface area contributed by atoms with Crippen molar-refractivity contribution in [2.75, 3.05) is 0 Å². The number of allylic oxidation sites excluding steroid dienone is 1. The van der Waals surface area contributed by atoms with Crippen LogP contribution in [0.4, 0.5) is 0 Å². The maximum atomic E-state index is 2.38. The Labute approximate surface area is 113 Å². The molecule has 100 valence electrons. The lowest BCUT2D eigenvalue weighted by molar-refractivity contribution is 0.590. The van der Waals surface area contributed by atoms with Crippen LogP contribution >= 0.6 is 0 Å². The van der Waals surface area contributed by atoms with E-state index in [1.54, 1.807) is 5.57 Å². The molecular weight excluding hydrogens is 216 g/mol. The molecule has 0 N–H and O–H groups in total. The van der Waals surface area contributed by atoms with Crippen molar-refractivity contribution < 1.29 is 0 Å². The lowest BCUT2D eigenvalue weighted by Gasteiger charge is -2.20. The van der Waals surface area contributed by atoms with Gasteiger partial charge in [-0.15, -0.1) is 0 Å². The van der Waals surface area contributed by atoms with Crippen molar-refractivity contribution in [3.63, 3.8) is 0 Å². The van der Waals surface area contributed by atoms with Crippen LogP contribution < -0.4 is 0 Å². The van der Waals surface area contributed by atoms with Gasteiger partial charge >= 0.3 is 0 Å². The monoisotopic (exact) mass is 244 g/mol. The molecule has 1 atom stereocenters. The highest BCUT2D eigenvalue weighted by atomic mass is 14.2. The molecule has 1 aromatic carbocycles. The van der Waals surface area contributed by atoms with E-state index in [2.05, 4.69) is 71.9 Å². The molecule has 0 aliphatic heterocycles. The van der Waals surface area contributed by atoms with Gasteiger partial charge in [-0.2, -0.15) is 0 Å². The summed E-state index contributed by atoms with van der Waals surface area (Å²) in [7, 11) is 0. The zero-order chi connectivity index (χ0) is 13.8. The third-order valence-corrected chi connectivity index (χ3v) is 3.76. The van der Waals surface area contributed by atoms with Crippen LogP contribution in [0.5, 0.6) is 0 Å². The second-order valence-corrected chi connectivity index (χ2v) is 6.26. The first-order chi connectivity index (χ1) is 8.38. The van der Waals surface area contributed by atoms with Gasteiger partial charge < -0.3 is 0 Å². The minimum atomic E-state index is 0.229. The number of rotatable bonds is 4. The van der Waals surface area contributed by atoms with Crippen LogP contribution in [-0.2, 0) is 5.41 Å². The van der Waals surface area contributed by atoms with Gasteiger partial charge in [0.05, 0.1) is 0 Å². The van der Waals surface area contributed by atoms with Crippen molar-refractivity contribution in [2.45, 2.75) is 59.8 Å². The molecular formula is C18H28. The zero-order valence-electron chi connectivity index (χ0n) is 12.9. The van der Waals surface area contributed by atoms with Crippen LogP contribution in [0.2, 0.25) is 0 Å². The van der Waals surface area contributed by atoms with Crippen LogP contribution in [0.25, 0.3) is 6.08 Å². The van der Waals surface area contributed by atoms with Crippen LogP contribution in [0.15, 0.2) is 29.8 Å². The van der Waals surface area contributed by atoms with Gasteiger partial charge in [0.2, 0.25) is 0 Å².